The van der Waals surface area contributed by atoms with Crippen molar-refractivity contribution < 1.29 is 9.53 Å². The van der Waals surface area contributed by atoms with E-state index in [4.69, 9.17) is 4.74 Å². The number of aryl methyl sites for hydroxylation is 2. The van der Waals surface area contributed by atoms with E-state index < -0.39 is 0 Å². The van der Waals surface area contributed by atoms with Crippen molar-refractivity contribution in [3.8, 4) is 5.75 Å². The topological polar surface area (TPSA) is 43.3 Å². The number of rotatable bonds is 6. The van der Waals surface area contributed by atoms with Gasteiger partial charge in [-0.25, -0.2) is 0 Å². The van der Waals surface area contributed by atoms with Crippen molar-refractivity contribution in [3.63, 3.8) is 0 Å². The van der Waals surface area contributed by atoms with Crippen LogP contribution in [-0.4, -0.2) is 16.6 Å². The highest BCUT2D eigenvalue weighted by molar-refractivity contribution is 5.85. The summed E-state index contributed by atoms with van der Waals surface area (Å²) >= 11 is 0. The van der Waals surface area contributed by atoms with E-state index in [1.54, 1.807) is 0 Å². The van der Waals surface area contributed by atoms with Gasteiger partial charge in [0, 0.05) is 43.0 Å². The molecule has 27 heavy (non-hydrogen) atoms. The fraction of sp³-hybridized carbons (Fsp3) is 0.348. The molecule has 0 spiro atoms. The summed E-state index contributed by atoms with van der Waals surface area (Å²) in [6.07, 6.45) is 4.63. The molecule has 0 fully saturated rings. The van der Waals surface area contributed by atoms with Gasteiger partial charge < -0.3 is 14.6 Å². The quantitative estimate of drug-likeness (QED) is 0.713. The third kappa shape index (κ3) is 3.70. The van der Waals surface area contributed by atoms with Gasteiger partial charge in [-0.2, -0.15) is 0 Å². The molecule has 2 heterocycles. The number of amides is 1. The first-order chi connectivity index (χ1) is 13.1. The van der Waals surface area contributed by atoms with Crippen LogP contribution in [0.4, 0.5) is 0 Å². The Labute approximate surface area is 160 Å². The van der Waals surface area contributed by atoms with E-state index >= 15 is 0 Å². The highest BCUT2D eigenvalue weighted by Crippen LogP contribution is 2.29. The summed E-state index contributed by atoms with van der Waals surface area (Å²) in [4.78, 5) is 12.3. The van der Waals surface area contributed by atoms with Gasteiger partial charge >= 0.3 is 0 Å². The van der Waals surface area contributed by atoms with Crippen LogP contribution in [0.3, 0.4) is 0 Å². The SMILES string of the molecule is CCn1cc(CCC(=O)NCc2ccc3c(c2)CC(C)O3)c2ccccc21. The first-order valence-corrected chi connectivity index (χ1v) is 9.76. The number of hydrogen-bond acceptors (Lipinski definition) is 2. The van der Waals surface area contributed by atoms with Crippen LogP contribution in [0.2, 0.25) is 0 Å². The summed E-state index contributed by atoms with van der Waals surface area (Å²) in [7, 11) is 0. The Hall–Kier alpha value is -2.75. The molecule has 0 radical (unpaired) electrons. The van der Waals surface area contributed by atoms with Gasteiger partial charge in [0.25, 0.3) is 0 Å². The van der Waals surface area contributed by atoms with Crippen LogP contribution in [-0.2, 0) is 30.7 Å². The maximum atomic E-state index is 12.3. The minimum Gasteiger partial charge on any atom is -0.490 e. The zero-order valence-corrected chi connectivity index (χ0v) is 16.0. The number of hydrogen-bond donors (Lipinski definition) is 1. The predicted molar refractivity (Wildman–Crippen MR) is 108 cm³/mol. The minimum atomic E-state index is 0.0912. The number of para-hydroxylation sites is 1. The van der Waals surface area contributed by atoms with Crippen LogP contribution in [0.5, 0.6) is 5.75 Å². The monoisotopic (exact) mass is 362 g/mol. The number of ether oxygens (including phenoxy) is 1. The Morgan fingerprint density at radius 1 is 1.26 bits per heavy atom. The first-order valence-electron chi connectivity index (χ1n) is 9.76. The molecule has 0 saturated heterocycles. The predicted octanol–water partition coefficient (Wildman–Crippen LogP) is 4.23. The number of benzene rings is 2. The van der Waals surface area contributed by atoms with Crippen molar-refractivity contribution in [2.75, 3.05) is 0 Å². The Balaban J connectivity index is 1.35. The maximum Gasteiger partial charge on any atom is 0.220 e. The fourth-order valence-electron chi connectivity index (χ4n) is 3.91. The molecule has 1 aliphatic heterocycles. The molecule has 1 unspecified atom stereocenters. The summed E-state index contributed by atoms with van der Waals surface area (Å²) in [5.41, 5.74) is 4.85. The molecule has 1 N–H and O–H groups in total. The van der Waals surface area contributed by atoms with Gasteiger partial charge in [0.15, 0.2) is 0 Å². The molecule has 0 aliphatic carbocycles. The van der Waals surface area contributed by atoms with E-state index in [1.165, 1.54) is 22.0 Å². The first kappa shape index (κ1) is 17.7. The second-order valence-corrected chi connectivity index (χ2v) is 7.31. The number of nitrogens with zero attached hydrogens (tertiary/aromatic N) is 1. The van der Waals surface area contributed by atoms with E-state index in [2.05, 4.69) is 60.3 Å². The van der Waals surface area contributed by atoms with Crippen molar-refractivity contribution in [1.82, 2.24) is 9.88 Å². The molecule has 4 nitrogen and oxygen atoms in total. The Bertz CT molecular complexity index is 974. The smallest absolute Gasteiger partial charge is 0.220 e. The van der Waals surface area contributed by atoms with Gasteiger partial charge in [-0.1, -0.05) is 30.3 Å². The van der Waals surface area contributed by atoms with Crippen LogP contribution < -0.4 is 10.1 Å². The van der Waals surface area contributed by atoms with E-state index in [0.717, 1.165) is 30.7 Å². The Morgan fingerprint density at radius 2 is 2.11 bits per heavy atom. The highest BCUT2D eigenvalue weighted by Gasteiger charge is 2.18. The van der Waals surface area contributed by atoms with Gasteiger partial charge in [0.2, 0.25) is 5.91 Å². The van der Waals surface area contributed by atoms with Crippen molar-refractivity contribution >= 4 is 16.8 Å². The van der Waals surface area contributed by atoms with Gasteiger partial charge in [-0.05, 0) is 49.1 Å². The van der Waals surface area contributed by atoms with Gasteiger partial charge in [-0.3, -0.25) is 4.79 Å². The number of fused-ring (bicyclic) bond motifs is 2. The standard InChI is InChI=1S/C23H26N2O2/c1-3-25-15-18(20-6-4-5-7-21(20)25)9-11-23(26)24-14-17-8-10-22-19(13-17)12-16(2)27-22/h4-8,10,13,15-16H,3,9,11-12,14H2,1-2H3,(H,24,26). The highest BCUT2D eigenvalue weighted by atomic mass is 16.5. The minimum absolute atomic E-state index is 0.0912. The molecular formula is C23H26N2O2. The molecule has 2 aromatic carbocycles. The molecule has 3 aromatic rings. The van der Waals surface area contributed by atoms with Gasteiger partial charge in [0.05, 0.1) is 0 Å². The summed E-state index contributed by atoms with van der Waals surface area (Å²) in [6, 6.07) is 14.6. The van der Waals surface area contributed by atoms with Crippen LogP contribution >= 0.6 is 0 Å². The van der Waals surface area contributed by atoms with Gasteiger partial charge in [-0.15, -0.1) is 0 Å². The van der Waals surface area contributed by atoms with E-state index in [1.807, 2.05) is 12.1 Å². The molecule has 140 valence electrons. The normalized spacial score (nSPS) is 15.6. The van der Waals surface area contributed by atoms with Crippen LogP contribution in [0.1, 0.15) is 37.0 Å². The molecule has 1 atom stereocenters. The Kier molecular flexibility index (Phi) is 4.88. The Morgan fingerprint density at radius 3 is 2.96 bits per heavy atom. The number of aromatic nitrogens is 1. The number of carbonyl (C=O) groups is 1. The van der Waals surface area contributed by atoms with Crippen LogP contribution in [0.15, 0.2) is 48.7 Å². The lowest BCUT2D eigenvalue weighted by Crippen LogP contribution is -2.23. The van der Waals surface area contributed by atoms with Crippen LogP contribution in [0, 0.1) is 0 Å². The summed E-state index contributed by atoms with van der Waals surface area (Å²) in [5.74, 6) is 1.07. The van der Waals surface area contributed by atoms with E-state index in [0.29, 0.717) is 13.0 Å². The molecule has 0 bridgehead atoms. The lowest BCUT2D eigenvalue weighted by Gasteiger charge is -2.07. The third-order valence-corrected chi connectivity index (χ3v) is 5.28. The largest absolute Gasteiger partial charge is 0.490 e. The summed E-state index contributed by atoms with van der Waals surface area (Å²) in [5, 5.41) is 4.30. The van der Waals surface area contributed by atoms with E-state index in [-0.39, 0.29) is 12.0 Å². The average molecular weight is 362 g/mol. The summed E-state index contributed by atoms with van der Waals surface area (Å²) in [6.45, 7) is 5.73. The lowest BCUT2D eigenvalue weighted by molar-refractivity contribution is -0.121. The second-order valence-electron chi connectivity index (χ2n) is 7.31. The number of carbonyl (C=O) groups excluding carboxylic acids is 1. The number of nitrogens with one attached hydrogen (secondary N) is 1. The molecule has 1 aromatic heterocycles. The molecule has 4 rings (SSSR count). The summed E-state index contributed by atoms with van der Waals surface area (Å²) < 4.78 is 7.98. The lowest BCUT2D eigenvalue weighted by atomic mass is 10.1. The van der Waals surface area contributed by atoms with E-state index in [9.17, 15) is 4.79 Å². The fourth-order valence-corrected chi connectivity index (χ4v) is 3.91. The molecule has 4 heteroatoms. The molecule has 0 saturated carbocycles. The van der Waals surface area contributed by atoms with Crippen molar-refractivity contribution in [3.05, 3.63) is 65.4 Å². The molecule has 1 amide bonds. The van der Waals surface area contributed by atoms with Crippen LogP contribution in [0.25, 0.3) is 10.9 Å². The van der Waals surface area contributed by atoms with Crippen molar-refractivity contribution in [2.45, 2.75) is 52.3 Å². The van der Waals surface area contributed by atoms with Crippen molar-refractivity contribution in [1.29, 1.82) is 0 Å². The third-order valence-electron chi connectivity index (χ3n) is 5.28. The maximum absolute atomic E-state index is 12.3. The zero-order valence-electron chi connectivity index (χ0n) is 16.0. The average Bonchev–Trinajstić information content (AvgIpc) is 3.23. The van der Waals surface area contributed by atoms with Crippen molar-refractivity contribution in [2.24, 2.45) is 0 Å². The molecular weight excluding hydrogens is 336 g/mol. The molecule has 1 aliphatic rings. The zero-order chi connectivity index (χ0) is 18.8. The van der Waals surface area contributed by atoms with Gasteiger partial charge in [0.1, 0.15) is 11.9 Å². The second kappa shape index (κ2) is 7.47.